The van der Waals surface area contributed by atoms with Crippen molar-refractivity contribution in [1.29, 1.82) is 0 Å². The highest BCUT2D eigenvalue weighted by atomic mass is 32.2. The fourth-order valence-electron chi connectivity index (χ4n) is 3.85. The van der Waals surface area contributed by atoms with Gasteiger partial charge in [0.1, 0.15) is 17.3 Å². The molecule has 4 rings (SSSR count). The van der Waals surface area contributed by atoms with Crippen LogP contribution in [0.4, 0.5) is 5.69 Å². The van der Waals surface area contributed by atoms with E-state index >= 15 is 0 Å². The molecule has 0 aliphatic heterocycles. The number of methoxy groups -OCH3 is 1. The molecule has 0 saturated carbocycles. The number of nitrogens with one attached hydrogen (secondary N) is 2. The molecule has 0 radical (unpaired) electrons. The standard InChI is InChI=1S/C28H26N4O7S/c1-19-8-12-23(13-9-19)40(36,37)31-25(20-6-4-3-5-7-20)17-28(33)30-29-18-22-11-15-27(39-22)24-14-10-21(38-2)16-26(24)32(34)35/h3-16,18,25,31H,17H2,1-2H3,(H,30,33)/b29-18-/t25-/m1/s1. The molecular weight excluding hydrogens is 536 g/mol. The van der Waals surface area contributed by atoms with Gasteiger partial charge in [0.2, 0.25) is 15.9 Å². The summed E-state index contributed by atoms with van der Waals surface area (Å²) in [6.07, 6.45) is 1.01. The Morgan fingerprint density at radius 3 is 2.48 bits per heavy atom. The Kier molecular flexibility index (Phi) is 8.72. The Bertz CT molecular complexity index is 1630. The maximum atomic E-state index is 13.0. The van der Waals surface area contributed by atoms with Crippen molar-refractivity contribution >= 4 is 27.8 Å². The van der Waals surface area contributed by atoms with Crippen molar-refractivity contribution in [3.05, 3.63) is 112 Å². The Labute approximate surface area is 230 Å². The van der Waals surface area contributed by atoms with Crippen molar-refractivity contribution in [2.24, 2.45) is 5.10 Å². The fourth-order valence-corrected chi connectivity index (χ4v) is 5.07. The number of furan rings is 1. The molecule has 0 aliphatic rings. The second-order valence-corrected chi connectivity index (χ2v) is 10.5. The van der Waals surface area contributed by atoms with Gasteiger partial charge in [0.25, 0.3) is 5.69 Å². The van der Waals surface area contributed by atoms with Crippen molar-refractivity contribution in [1.82, 2.24) is 10.1 Å². The Morgan fingerprint density at radius 1 is 1.07 bits per heavy atom. The molecule has 0 spiro atoms. The van der Waals surface area contributed by atoms with E-state index in [0.29, 0.717) is 11.3 Å². The van der Waals surface area contributed by atoms with Crippen LogP contribution in [-0.4, -0.2) is 32.6 Å². The number of hydrogen-bond acceptors (Lipinski definition) is 8. The number of hydrazone groups is 1. The summed E-state index contributed by atoms with van der Waals surface area (Å²) in [5, 5.41) is 15.4. The summed E-state index contributed by atoms with van der Waals surface area (Å²) in [7, 11) is -2.50. The van der Waals surface area contributed by atoms with Crippen molar-refractivity contribution < 1.29 is 27.3 Å². The van der Waals surface area contributed by atoms with Gasteiger partial charge in [0.15, 0.2) is 0 Å². The lowest BCUT2D eigenvalue weighted by Gasteiger charge is -2.18. The van der Waals surface area contributed by atoms with E-state index in [4.69, 9.17) is 9.15 Å². The van der Waals surface area contributed by atoms with Crippen LogP contribution in [0.3, 0.4) is 0 Å². The summed E-state index contributed by atoms with van der Waals surface area (Å²) in [6.45, 7) is 1.86. The van der Waals surface area contributed by atoms with Crippen LogP contribution in [0.1, 0.15) is 29.3 Å². The highest BCUT2D eigenvalue weighted by Crippen LogP contribution is 2.34. The Hall–Kier alpha value is -4.81. The van der Waals surface area contributed by atoms with Crippen LogP contribution in [0.15, 0.2) is 99.3 Å². The second kappa shape index (κ2) is 12.4. The van der Waals surface area contributed by atoms with Crippen LogP contribution < -0.4 is 14.9 Å². The molecular formula is C28H26N4O7S. The summed E-state index contributed by atoms with van der Waals surface area (Å²) < 4.78 is 39.3. The lowest BCUT2D eigenvalue weighted by molar-refractivity contribution is -0.384. The lowest BCUT2D eigenvalue weighted by Crippen LogP contribution is -2.32. The number of nitro groups is 1. The molecule has 0 saturated heterocycles. The van der Waals surface area contributed by atoms with Gasteiger partial charge < -0.3 is 9.15 Å². The molecule has 3 aromatic carbocycles. The quantitative estimate of drug-likeness (QED) is 0.152. The van der Waals surface area contributed by atoms with Gasteiger partial charge in [0.05, 0.1) is 40.8 Å². The van der Waals surface area contributed by atoms with Crippen molar-refractivity contribution in [2.45, 2.75) is 24.3 Å². The van der Waals surface area contributed by atoms with Crippen molar-refractivity contribution in [3.8, 4) is 17.1 Å². The molecule has 40 heavy (non-hydrogen) atoms. The van der Waals surface area contributed by atoms with E-state index in [2.05, 4.69) is 15.2 Å². The number of rotatable bonds is 11. The zero-order valence-corrected chi connectivity index (χ0v) is 22.4. The second-order valence-electron chi connectivity index (χ2n) is 8.74. The van der Waals surface area contributed by atoms with Gasteiger partial charge in [-0.25, -0.2) is 18.6 Å². The summed E-state index contributed by atoms with van der Waals surface area (Å²) in [4.78, 5) is 23.7. The number of benzene rings is 3. The minimum atomic E-state index is -3.91. The topological polar surface area (TPSA) is 153 Å². The number of nitrogens with zero attached hydrogens (tertiary/aromatic N) is 2. The summed E-state index contributed by atoms with van der Waals surface area (Å²) in [5.41, 5.74) is 3.95. The number of sulfonamides is 1. The van der Waals surface area contributed by atoms with Gasteiger partial charge in [0, 0.05) is 6.42 Å². The molecule has 0 fully saturated rings. The fraction of sp³-hybridized carbons (Fsp3) is 0.143. The summed E-state index contributed by atoms with van der Waals surface area (Å²) in [5.74, 6) is 0.257. The van der Waals surface area contributed by atoms with Crippen molar-refractivity contribution in [3.63, 3.8) is 0 Å². The molecule has 1 amide bonds. The monoisotopic (exact) mass is 562 g/mol. The maximum Gasteiger partial charge on any atom is 0.284 e. The zero-order chi connectivity index (χ0) is 28.7. The molecule has 1 atom stereocenters. The van der Waals surface area contributed by atoms with Gasteiger partial charge in [-0.3, -0.25) is 14.9 Å². The number of ether oxygens (including phenoxy) is 1. The average Bonchev–Trinajstić information content (AvgIpc) is 3.41. The number of aryl methyl sites for hydroxylation is 1. The third kappa shape index (κ3) is 6.98. The predicted molar refractivity (Wildman–Crippen MR) is 148 cm³/mol. The first-order valence-electron chi connectivity index (χ1n) is 12.0. The lowest BCUT2D eigenvalue weighted by atomic mass is 10.0. The third-order valence-corrected chi connectivity index (χ3v) is 7.38. The van der Waals surface area contributed by atoms with Crippen LogP contribution in [0.5, 0.6) is 5.75 Å². The largest absolute Gasteiger partial charge is 0.497 e. The molecule has 12 heteroatoms. The number of carbonyl (C=O) groups is 1. The number of carbonyl (C=O) groups excluding carboxylic acids is 1. The van der Waals surface area contributed by atoms with Crippen LogP contribution in [0.25, 0.3) is 11.3 Å². The molecule has 0 aliphatic carbocycles. The van der Waals surface area contributed by atoms with Crippen LogP contribution in [0.2, 0.25) is 0 Å². The number of nitro benzene ring substituents is 1. The van der Waals surface area contributed by atoms with Gasteiger partial charge in [-0.05, 0) is 48.9 Å². The van der Waals surface area contributed by atoms with Gasteiger partial charge >= 0.3 is 0 Å². The highest BCUT2D eigenvalue weighted by Gasteiger charge is 2.24. The van der Waals surface area contributed by atoms with Crippen molar-refractivity contribution in [2.75, 3.05) is 7.11 Å². The minimum Gasteiger partial charge on any atom is -0.497 e. The van der Waals surface area contributed by atoms with E-state index in [9.17, 15) is 23.3 Å². The summed E-state index contributed by atoms with van der Waals surface area (Å²) >= 11 is 0. The average molecular weight is 563 g/mol. The SMILES string of the molecule is COc1ccc(-c2ccc(/C=N\NC(=O)C[C@@H](NS(=O)(=O)c3ccc(C)cc3)c3ccccc3)o2)c([N+](=O)[O-])c1. The van der Waals surface area contributed by atoms with E-state index in [-0.39, 0.29) is 34.1 Å². The van der Waals surface area contributed by atoms with E-state index < -0.39 is 26.9 Å². The van der Waals surface area contributed by atoms with Crippen LogP contribution in [-0.2, 0) is 14.8 Å². The summed E-state index contributed by atoms with van der Waals surface area (Å²) in [6, 6.07) is 21.8. The van der Waals surface area contributed by atoms with E-state index in [1.807, 2.05) is 6.92 Å². The highest BCUT2D eigenvalue weighted by molar-refractivity contribution is 7.89. The number of hydrogen-bond donors (Lipinski definition) is 2. The number of amides is 1. The predicted octanol–water partition coefficient (Wildman–Crippen LogP) is 4.73. The molecule has 1 heterocycles. The molecule has 0 bridgehead atoms. The molecule has 4 aromatic rings. The van der Waals surface area contributed by atoms with Gasteiger partial charge in [-0.1, -0.05) is 48.0 Å². The first-order chi connectivity index (χ1) is 19.2. The smallest absolute Gasteiger partial charge is 0.284 e. The zero-order valence-electron chi connectivity index (χ0n) is 21.6. The van der Waals surface area contributed by atoms with E-state index in [1.165, 1.54) is 37.6 Å². The van der Waals surface area contributed by atoms with Gasteiger partial charge in [-0.2, -0.15) is 5.10 Å². The van der Waals surface area contributed by atoms with E-state index in [1.54, 1.807) is 60.7 Å². The first-order valence-corrected chi connectivity index (χ1v) is 13.5. The van der Waals surface area contributed by atoms with Gasteiger partial charge in [-0.15, -0.1) is 0 Å². The maximum absolute atomic E-state index is 13.0. The Balaban J connectivity index is 1.45. The normalized spacial score (nSPS) is 12.2. The Morgan fingerprint density at radius 2 is 1.80 bits per heavy atom. The minimum absolute atomic E-state index is 0.0863. The van der Waals surface area contributed by atoms with Crippen LogP contribution in [0, 0.1) is 17.0 Å². The molecule has 206 valence electrons. The third-order valence-electron chi connectivity index (χ3n) is 5.90. The molecule has 0 unspecified atom stereocenters. The first kappa shape index (κ1) is 28.2. The van der Waals surface area contributed by atoms with Crippen LogP contribution >= 0.6 is 0 Å². The molecule has 11 nitrogen and oxygen atoms in total. The molecule has 2 N–H and O–H groups in total. The van der Waals surface area contributed by atoms with E-state index in [0.717, 1.165) is 5.56 Å². The molecule has 1 aromatic heterocycles.